The van der Waals surface area contributed by atoms with E-state index in [1.165, 1.54) is 6.92 Å². The third-order valence-electron chi connectivity index (χ3n) is 2.83. The maximum Gasteiger partial charge on any atom is 0.262 e. The van der Waals surface area contributed by atoms with Crippen LogP contribution in [0.5, 0.6) is 5.75 Å². The number of Topliss-reactive ketones (excluding diaryl/α,β-unsaturated/α-hetero) is 1. The Bertz CT molecular complexity index is 718. The molecule has 2 rings (SSSR count). The van der Waals surface area contributed by atoms with Gasteiger partial charge in [0.1, 0.15) is 5.75 Å². The van der Waals surface area contributed by atoms with Crippen molar-refractivity contribution in [2.45, 2.75) is 6.92 Å². The van der Waals surface area contributed by atoms with Crippen molar-refractivity contribution in [3.8, 4) is 5.75 Å². The molecule has 22 heavy (non-hydrogen) atoms. The Kier molecular flexibility index (Phi) is 5.57. The van der Waals surface area contributed by atoms with Crippen molar-refractivity contribution in [2.24, 2.45) is 0 Å². The smallest absolute Gasteiger partial charge is 0.262 e. The van der Waals surface area contributed by atoms with Crippen LogP contribution < -0.4 is 10.1 Å². The normalized spacial score (nSPS) is 10.1. The summed E-state index contributed by atoms with van der Waals surface area (Å²) >= 11 is 9.30. The summed E-state index contributed by atoms with van der Waals surface area (Å²) in [6, 6.07) is 11.9. The van der Waals surface area contributed by atoms with Gasteiger partial charge in [0, 0.05) is 10.0 Å². The number of benzene rings is 2. The third kappa shape index (κ3) is 4.32. The number of hydrogen-bond donors (Lipinski definition) is 1. The molecule has 0 aromatic heterocycles. The van der Waals surface area contributed by atoms with Gasteiger partial charge in [0.2, 0.25) is 0 Å². The molecule has 4 nitrogen and oxygen atoms in total. The number of hydrogen-bond acceptors (Lipinski definition) is 3. The summed E-state index contributed by atoms with van der Waals surface area (Å²) in [5.74, 6) is -0.0691. The number of ketones is 1. The average molecular weight is 383 g/mol. The second-order valence-corrected chi connectivity index (χ2v) is 5.84. The number of amides is 1. The fourth-order valence-corrected chi connectivity index (χ4v) is 2.55. The van der Waals surface area contributed by atoms with Crippen LogP contribution >= 0.6 is 27.5 Å². The number of rotatable bonds is 5. The molecule has 0 radical (unpaired) electrons. The van der Waals surface area contributed by atoms with E-state index in [-0.39, 0.29) is 18.3 Å². The molecule has 0 aliphatic rings. The zero-order chi connectivity index (χ0) is 16.1. The van der Waals surface area contributed by atoms with Crippen molar-refractivity contribution < 1.29 is 14.3 Å². The molecule has 0 bridgehead atoms. The predicted molar refractivity (Wildman–Crippen MR) is 89.7 cm³/mol. The minimum atomic E-state index is -0.368. The fraction of sp³-hybridized carbons (Fsp3) is 0.125. The minimum Gasteiger partial charge on any atom is -0.482 e. The van der Waals surface area contributed by atoms with Gasteiger partial charge < -0.3 is 10.1 Å². The van der Waals surface area contributed by atoms with Gasteiger partial charge in [-0.3, -0.25) is 9.59 Å². The van der Waals surface area contributed by atoms with Crippen LogP contribution in [0.2, 0.25) is 5.02 Å². The monoisotopic (exact) mass is 381 g/mol. The van der Waals surface area contributed by atoms with E-state index in [4.69, 9.17) is 16.3 Å². The van der Waals surface area contributed by atoms with Crippen LogP contribution in [0.3, 0.4) is 0 Å². The molecule has 6 heteroatoms. The van der Waals surface area contributed by atoms with Crippen LogP contribution in [0.1, 0.15) is 17.3 Å². The number of halogens is 2. The quantitative estimate of drug-likeness (QED) is 0.783. The molecular weight excluding hydrogens is 370 g/mol. The lowest BCUT2D eigenvalue weighted by Gasteiger charge is -2.11. The van der Waals surface area contributed by atoms with E-state index in [2.05, 4.69) is 21.2 Å². The van der Waals surface area contributed by atoms with Crippen LogP contribution in [0.4, 0.5) is 5.69 Å². The van der Waals surface area contributed by atoms with Crippen molar-refractivity contribution in [2.75, 3.05) is 11.9 Å². The molecule has 2 aromatic rings. The lowest BCUT2D eigenvalue weighted by Crippen LogP contribution is -2.21. The molecule has 1 N–H and O–H groups in total. The number of carbonyl (C=O) groups excluding carboxylic acids is 2. The van der Waals surface area contributed by atoms with Gasteiger partial charge >= 0.3 is 0 Å². The highest BCUT2D eigenvalue weighted by atomic mass is 79.9. The number of para-hydroxylation sites is 1. The Balaban J connectivity index is 2.00. The Morgan fingerprint density at radius 3 is 2.64 bits per heavy atom. The van der Waals surface area contributed by atoms with Gasteiger partial charge in [0.05, 0.1) is 10.7 Å². The Labute approximate surface area is 141 Å². The largest absolute Gasteiger partial charge is 0.482 e. The van der Waals surface area contributed by atoms with Gasteiger partial charge in [-0.15, -0.1) is 0 Å². The van der Waals surface area contributed by atoms with Crippen molar-refractivity contribution >= 4 is 44.9 Å². The molecule has 0 saturated carbocycles. The van der Waals surface area contributed by atoms with E-state index in [1.54, 1.807) is 42.5 Å². The molecule has 0 fully saturated rings. The molecule has 0 unspecified atom stereocenters. The first-order chi connectivity index (χ1) is 10.5. The number of anilines is 1. The lowest BCUT2D eigenvalue weighted by molar-refractivity contribution is -0.118. The van der Waals surface area contributed by atoms with Gasteiger partial charge in [-0.2, -0.15) is 0 Å². The highest BCUT2D eigenvalue weighted by Gasteiger charge is 2.11. The molecule has 0 atom stereocenters. The topological polar surface area (TPSA) is 55.4 Å². The lowest BCUT2D eigenvalue weighted by atomic mass is 10.1. The first-order valence-electron chi connectivity index (χ1n) is 6.45. The molecule has 0 aliphatic heterocycles. The second-order valence-electron chi connectivity index (χ2n) is 4.51. The van der Waals surface area contributed by atoms with Crippen LogP contribution in [0.15, 0.2) is 46.9 Å². The highest BCUT2D eigenvalue weighted by molar-refractivity contribution is 9.10. The van der Waals surface area contributed by atoms with E-state index in [0.29, 0.717) is 22.0 Å². The van der Waals surface area contributed by atoms with Crippen molar-refractivity contribution in [3.63, 3.8) is 0 Å². The van der Waals surface area contributed by atoms with E-state index in [0.717, 1.165) is 4.47 Å². The fourth-order valence-electron chi connectivity index (χ4n) is 1.82. The predicted octanol–water partition coefficient (Wildman–Crippen LogP) is 4.32. The summed E-state index contributed by atoms with van der Waals surface area (Å²) in [4.78, 5) is 23.4. The maximum atomic E-state index is 11.9. The van der Waals surface area contributed by atoms with Crippen molar-refractivity contribution in [1.82, 2.24) is 0 Å². The first kappa shape index (κ1) is 16.5. The standard InChI is InChI=1S/C16H13BrClNO3/c1-10(20)12-4-2-3-5-14(12)19-16(21)9-22-15-7-6-11(17)8-13(15)18/h2-8H,9H2,1H3,(H,19,21). The van der Waals surface area contributed by atoms with E-state index < -0.39 is 0 Å². The summed E-state index contributed by atoms with van der Waals surface area (Å²) in [7, 11) is 0. The van der Waals surface area contributed by atoms with Crippen LogP contribution in [-0.4, -0.2) is 18.3 Å². The van der Waals surface area contributed by atoms with Gasteiger partial charge in [-0.05, 0) is 37.3 Å². The van der Waals surface area contributed by atoms with Crippen LogP contribution in [-0.2, 0) is 4.79 Å². The van der Waals surface area contributed by atoms with Crippen molar-refractivity contribution in [1.29, 1.82) is 0 Å². The van der Waals surface area contributed by atoms with Gasteiger partial charge in [0.15, 0.2) is 12.4 Å². The SMILES string of the molecule is CC(=O)c1ccccc1NC(=O)COc1ccc(Br)cc1Cl. The van der Waals surface area contributed by atoms with Crippen LogP contribution in [0, 0.1) is 0 Å². The molecule has 114 valence electrons. The number of ether oxygens (including phenoxy) is 1. The molecule has 0 saturated heterocycles. The molecule has 0 spiro atoms. The first-order valence-corrected chi connectivity index (χ1v) is 7.62. The molecule has 1 amide bonds. The Morgan fingerprint density at radius 2 is 1.95 bits per heavy atom. The van der Waals surface area contributed by atoms with E-state index >= 15 is 0 Å². The highest BCUT2D eigenvalue weighted by Crippen LogP contribution is 2.27. The molecule has 0 aliphatic carbocycles. The van der Waals surface area contributed by atoms with Gasteiger partial charge in [-0.25, -0.2) is 0 Å². The van der Waals surface area contributed by atoms with Crippen molar-refractivity contribution in [3.05, 3.63) is 57.5 Å². The average Bonchev–Trinajstić information content (AvgIpc) is 2.46. The maximum absolute atomic E-state index is 11.9. The molecular formula is C16H13BrClNO3. The van der Waals surface area contributed by atoms with Gasteiger partial charge in [0.25, 0.3) is 5.91 Å². The van der Waals surface area contributed by atoms with Crippen LogP contribution in [0.25, 0.3) is 0 Å². The summed E-state index contributed by atoms with van der Waals surface area (Å²) in [6.07, 6.45) is 0. The number of carbonyl (C=O) groups is 2. The second kappa shape index (κ2) is 7.42. The molecule has 0 heterocycles. The van der Waals surface area contributed by atoms with E-state index in [9.17, 15) is 9.59 Å². The van der Waals surface area contributed by atoms with E-state index in [1.807, 2.05) is 0 Å². The zero-order valence-corrected chi connectivity index (χ0v) is 14.1. The summed E-state index contributed by atoms with van der Waals surface area (Å²) in [5, 5.41) is 3.06. The molecule has 2 aromatic carbocycles. The number of nitrogens with one attached hydrogen (secondary N) is 1. The minimum absolute atomic E-state index is 0.118. The third-order valence-corrected chi connectivity index (χ3v) is 3.62. The Morgan fingerprint density at radius 1 is 1.23 bits per heavy atom. The summed E-state index contributed by atoms with van der Waals surface area (Å²) in [6.45, 7) is 1.25. The Hall–Kier alpha value is -1.85. The summed E-state index contributed by atoms with van der Waals surface area (Å²) in [5.41, 5.74) is 0.919. The zero-order valence-electron chi connectivity index (χ0n) is 11.7. The summed E-state index contributed by atoms with van der Waals surface area (Å²) < 4.78 is 6.20. The van der Waals surface area contributed by atoms with Gasteiger partial charge in [-0.1, -0.05) is 39.7 Å².